The van der Waals surface area contributed by atoms with Crippen molar-refractivity contribution in [2.75, 3.05) is 4.72 Å². The molecule has 0 radical (unpaired) electrons. The molecule has 0 amide bonds. The zero-order chi connectivity index (χ0) is 20.3. The van der Waals surface area contributed by atoms with Crippen molar-refractivity contribution in [2.24, 2.45) is 0 Å². The largest absolute Gasteiger partial charge is 0.311 e. The minimum atomic E-state index is -3.97. The van der Waals surface area contributed by atoms with E-state index in [1.807, 2.05) is 0 Å². The van der Waals surface area contributed by atoms with Gasteiger partial charge in [-0.3, -0.25) is 19.6 Å². The molecule has 1 heterocycles. The van der Waals surface area contributed by atoms with E-state index in [4.69, 9.17) is 0 Å². The van der Waals surface area contributed by atoms with Crippen molar-refractivity contribution < 1.29 is 13.3 Å². The molecule has 144 valence electrons. The maximum Gasteiger partial charge on any atom is 0.273 e. The fraction of sp³-hybridized carbons (Fsp3) is 0.105. The Labute approximate surface area is 161 Å². The summed E-state index contributed by atoms with van der Waals surface area (Å²) in [6, 6.07) is 15.2. The molecule has 2 aromatic carbocycles. The van der Waals surface area contributed by atoms with Crippen LogP contribution in [0.4, 0.5) is 11.4 Å². The van der Waals surface area contributed by atoms with Gasteiger partial charge in [-0.2, -0.15) is 0 Å². The minimum absolute atomic E-state index is 0.131. The number of nitrogens with zero attached hydrogens (tertiary/aromatic N) is 2. The number of pyridine rings is 1. The predicted molar refractivity (Wildman–Crippen MR) is 105 cm³/mol. The number of nitrogens with one attached hydrogen (secondary N) is 1. The molecule has 0 spiro atoms. The van der Waals surface area contributed by atoms with Crippen LogP contribution >= 0.6 is 0 Å². The Bertz CT molecular complexity index is 1180. The molecule has 0 aliphatic rings. The summed E-state index contributed by atoms with van der Waals surface area (Å²) >= 11 is 0. The van der Waals surface area contributed by atoms with Gasteiger partial charge in [0.05, 0.1) is 16.4 Å². The van der Waals surface area contributed by atoms with Crippen LogP contribution in [0.2, 0.25) is 0 Å². The number of anilines is 1. The first-order chi connectivity index (χ1) is 13.3. The highest BCUT2D eigenvalue weighted by atomic mass is 32.2. The van der Waals surface area contributed by atoms with E-state index < -0.39 is 14.9 Å². The Hall–Kier alpha value is -3.46. The van der Waals surface area contributed by atoms with Crippen LogP contribution in [0.15, 0.2) is 76.6 Å². The first-order valence-corrected chi connectivity index (χ1v) is 9.77. The SMILES string of the molecule is Cc1ccc(S(=O)(=O)Nc2ccc(Cn3ccccc3=O)cc2)cc1[N+](=O)[O-]. The van der Waals surface area contributed by atoms with Crippen LogP contribution in [0.3, 0.4) is 0 Å². The molecule has 3 aromatic rings. The number of nitro benzene ring substituents is 1. The Morgan fingerprint density at radius 1 is 1.07 bits per heavy atom. The molecular weight excluding hydrogens is 382 g/mol. The molecule has 28 heavy (non-hydrogen) atoms. The van der Waals surface area contributed by atoms with E-state index in [1.165, 1.54) is 22.8 Å². The molecular formula is C19H17N3O5S. The van der Waals surface area contributed by atoms with Crippen molar-refractivity contribution in [3.8, 4) is 0 Å². The average molecular weight is 399 g/mol. The standard InChI is InChI=1S/C19H17N3O5S/c1-14-5-10-17(12-18(14)22(24)25)28(26,27)20-16-8-6-15(7-9-16)13-21-11-3-2-4-19(21)23/h2-12,20H,13H2,1H3. The van der Waals surface area contributed by atoms with Crippen LogP contribution < -0.4 is 10.3 Å². The van der Waals surface area contributed by atoms with Crippen LogP contribution in [-0.2, 0) is 16.6 Å². The van der Waals surface area contributed by atoms with Crippen molar-refractivity contribution >= 4 is 21.4 Å². The third-order valence-corrected chi connectivity index (χ3v) is 5.52. The molecule has 0 saturated heterocycles. The summed E-state index contributed by atoms with van der Waals surface area (Å²) in [5.41, 5.74) is 1.12. The monoisotopic (exact) mass is 399 g/mol. The lowest BCUT2D eigenvalue weighted by Crippen LogP contribution is -2.18. The zero-order valence-electron chi connectivity index (χ0n) is 14.9. The molecule has 8 nitrogen and oxygen atoms in total. The third kappa shape index (κ3) is 4.26. The van der Waals surface area contributed by atoms with Gasteiger partial charge in [0, 0.05) is 29.6 Å². The molecule has 0 unspecified atom stereocenters. The van der Waals surface area contributed by atoms with Gasteiger partial charge in [-0.1, -0.05) is 24.3 Å². The first-order valence-electron chi connectivity index (χ1n) is 8.28. The third-order valence-electron chi connectivity index (χ3n) is 4.15. The summed E-state index contributed by atoms with van der Waals surface area (Å²) in [4.78, 5) is 22.0. The summed E-state index contributed by atoms with van der Waals surface area (Å²) in [7, 11) is -3.97. The minimum Gasteiger partial charge on any atom is -0.311 e. The predicted octanol–water partition coefficient (Wildman–Crippen LogP) is 2.91. The van der Waals surface area contributed by atoms with Gasteiger partial charge in [0.15, 0.2) is 0 Å². The smallest absolute Gasteiger partial charge is 0.273 e. The fourth-order valence-corrected chi connectivity index (χ4v) is 3.71. The number of nitro groups is 1. The topological polar surface area (TPSA) is 111 Å². The summed E-state index contributed by atoms with van der Waals surface area (Å²) < 4.78 is 29.0. The normalized spacial score (nSPS) is 11.2. The number of aryl methyl sites for hydroxylation is 1. The molecule has 0 aliphatic heterocycles. The lowest BCUT2D eigenvalue weighted by molar-refractivity contribution is -0.385. The van der Waals surface area contributed by atoms with E-state index in [1.54, 1.807) is 49.5 Å². The van der Waals surface area contributed by atoms with Gasteiger partial charge in [-0.05, 0) is 36.8 Å². The Balaban J connectivity index is 1.80. The summed E-state index contributed by atoms with van der Waals surface area (Å²) in [5, 5.41) is 11.0. The molecule has 0 atom stereocenters. The number of rotatable bonds is 6. The summed E-state index contributed by atoms with van der Waals surface area (Å²) in [6.07, 6.45) is 1.67. The summed E-state index contributed by atoms with van der Waals surface area (Å²) in [6.45, 7) is 1.90. The van der Waals surface area contributed by atoms with Gasteiger partial charge in [-0.15, -0.1) is 0 Å². The molecule has 1 N–H and O–H groups in total. The van der Waals surface area contributed by atoms with Crippen LogP contribution in [0, 0.1) is 17.0 Å². The van der Waals surface area contributed by atoms with Crippen LogP contribution in [-0.4, -0.2) is 17.9 Å². The molecule has 3 rings (SSSR count). The van der Waals surface area contributed by atoms with Gasteiger partial charge in [0.1, 0.15) is 0 Å². The number of sulfonamides is 1. The van der Waals surface area contributed by atoms with Crippen molar-refractivity contribution in [1.29, 1.82) is 0 Å². The second-order valence-corrected chi connectivity index (χ2v) is 7.86. The maximum atomic E-state index is 12.5. The molecule has 0 bridgehead atoms. The lowest BCUT2D eigenvalue weighted by Gasteiger charge is -2.10. The van der Waals surface area contributed by atoms with E-state index >= 15 is 0 Å². The quantitative estimate of drug-likeness (QED) is 0.506. The first kappa shape index (κ1) is 19.3. The lowest BCUT2D eigenvalue weighted by atomic mass is 10.2. The van der Waals surface area contributed by atoms with Gasteiger partial charge in [0.2, 0.25) is 0 Å². The van der Waals surface area contributed by atoms with Gasteiger partial charge in [-0.25, -0.2) is 8.42 Å². The number of hydrogen-bond acceptors (Lipinski definition) is 5. The van der Waals surface area contributed by atoms with Crippen LogP contribution in [0.5, 0.6) is 0 Å². The number of hydrogen-bond donors (Lipinski definition) is 1. The Morgan fingerprint density at radius 3 is 2.43 bits per heavy atom. The maximum absolute atomic E-state index is 12.5. The molecule has 0 aliphatic carbocycles. The van der Waals surface area contributed by atoms with Crippen molar-refractivity contribution in [1.82, 2.24) is 4.57 Å². The average Bonchev–Trinajstić information content (AvgIpc) is 2.65. The van der Waals surface area contributed by atoms with E-state index in [-0.39, 0.29) is 16.1 Å². The van der Waals surface area contributed by atoms with Gasteiger partial charge in [0.25, 0.3) is 21.3 Å². The van der Waals surface area contributed by atoms with Crippen molar-refractivity contribution in [2.45, 2.75) is 18.4 Å². The van der Waals surface area contributed by atoms with Gasteiger partial charge < -0.3 is 4.57 Å². The Kier molecular flexibility index (Phi) is 5.27. The highest BCUT2D eigenvalue weighted by Gasteiger charge is 2.19. The highest BCUT2D eigenvalue weighted by Crippen LogP contribution is 2.24. The van der Waals surface area contributed by atoms with E-state index in [0.717, 1.165) is 11.6 Å². The van der Waals surface area contributed by atoms with Crippen LogP contribution in [0.1, 0.15) is 11.1 Å². The van der Waals surface area contributed by atoms with Crippen molar-refractivity contribution in [3.63, 3.8) is 0 Å². The molecule has 0 saturated carbocycles. The highest BCUT2D eigenvalue weighted by molar-refractivity contribution is 7.92. The van der Waals surface area contributed by atoms with E-state index in [9.17, 15) is 23.3 Å². The summed E-state index contributed by atoms with van der Waals surface area (Å²) in [5.74, 6) is 0. The van der Waals surface area contributed by atoms with E-state index in [2.05, 4.69) is 4.72 Å². The number of aromatic nitrogens is 1. The van der Waals surface area contributed by atoms with Gasteiger partial charge >= 0.3 is 0 Å². The second kappa shape index (κ2) is 7.65. The van der Waals surface area contributed by atoms with Crippen molar-refractivity contribution in [3.05, 3.63) is 98.5 Å². The van der Waals surface area contributed by atoms with Crippen LogP contribution in [0.25, 0.3) is 0 Å². The molecule has 1 aromatic heterocycles. The zero-order valence-corrected chi connectivity index (χ0v) is 15.7. The fourth-order valence-electron chi connectivity index (χ4n) is 2.63. The molecule has 9 heteroatoms. The van der Waals surface area contributed by atoms with E-state index in [0.29, 0.717) is 17.8 Å². The Morgan fingerprint density at radius 2 is 1.79 bits per heavy atom. The number of benzene rings is 2. The molecule has 0 fully saturated rings. The second-order valence-electron chi connectivity index (χ2n) is 6.17.